The minimum atomic E-state index is 0.437. The number of hydrogen-bond donors (Lipinski definition) is 1. The van der Waals surface area contributed by atoms with Gasteiger partial charge < -0.3 is 5.32 Å². The fourth-order valence-corrected chi connectivity index (χ4v) is 2.11. The molecule has 1 unspecified atom stereocenters. The van der Waals surface area contributed by atoms with Crippen LogP contribution in [-0.2, 0) is 0 Å². The zero-order valence-corrected chi connectivity index (χ0v) is 12.0. The summed E-state index contributed by atoms with van der Waals surface area (Å²) in [6, 6.07) is 8.98. The molecule has 0 aliphatic rings. The van der Waals surface area contributed by atoms with E-state index in [1.165, 1.54) is 18.4 Å². The maximum absolute atomic E-state index is 3.59. The molecule has 0 aliphatic carbocycles. The van der Waals surface area contributed by atoms with E-state index in [-0.39, 0.29) is 0 Å². The summed E-state index contributed by atoms with van der Waals surface area (Å²) in [7, 11) is 0. The van der Waals surface area contributed by atoms with Crippen LogP contribution in [0.1, 0.15) is 45.2 Å². The van der Waals surface area contributed by atoms with Gasteiger partial charge in [-0.3, -0.25) is 0 Å². The van der Waals surface area contributed by atoms with Gasteiger partial charge in [-0.1, -0.05) is 48.3 Å². The summed E-state index contributed by atoms with van der Waals surface area (Å²) in [4.78, 5) is 0. The number of halogens is 1. The second kappa shape index (κ2) is 7.08. The van der Waals surface area contributed by atoms with Gasteiger partial charge in [0.25, 0.3) is 0 Å². The summed E-state index contributed by atoms with van der Waals surface area (Å²) in [5, 5.41) is 3.59. The zero-order chi connectivity index (χ0) is 12.0. The maximum atomic E-state index is 3.59. The first-order valence-electron chi connectivity index (χ1n) is 6.12. The molecule has 0 bridgehead atoms. The van der Waals surface area contributed by atoms with Crippen LogP contribution in [-0.4, -0.2) is 6.54 Å². The Bertz CT molecular complexity index is 294. The molecule has 1 rings (SSSR count). The third-order valence-corrected chi connectivity index (χ3v) is 3.45. The topological polar surface area (TPSA) is 12.0 Å². The second-order valence-corrected chi connectivity index (χ2v) is 5.49. The normalized spacial score (nSPS) is 14.8. The van der Waals surface area contributed by atoms with Crippen molar-refractivity contribution in [3.63, 3.8) is 0 Å². The van der Waals surface area contributed by atoms with Gasteiger partial charge in [0, 0.05) is 10.5 Å². The average Bonchev–Trinajstić information content (AvgIpc) is 2.27. The summed E-state index contributed by atoms with van der Waals surface area (Å²) >= 11 is 3.46. The smallest absolute Gasteiger partial charge is 0.0291 e. The zero-order valence-electron chi connectivity index (χ0n) is 10.5. The number of hydrogen-bond acceptors (Lipinski definition) is 1. The Labute approximate surface area is 108 Å². The third-order valence-electron chi connectivity index (χ3n) is 2.92. The highest BCUT2D eigenvalue weighted by atomic mass is 79.9. The molecule has 0 saturated heterocycles. The van der Waals surface area contributed by atoms with Gasteiger partial charge >= 0.3 is 0 Å². The van der Waals surface area contributed by atoms with Crippen LogP contribution in [0.5, 0.6) is 0 Å². The van der Waals surface area contributed by atoms with Gasteiger partial charge in [0.1, 0.15) is 0 Å². The number of nitrogens with one attached hydrogen (secondary N) is 1. The van der Waals surface area contributed by atoms with Crippen LogP contribution in [0.25, 0.3) is 0 Å². The first kappa shape index (κ1) is 13.7. The van der Waals surface area contributed by atoms with Crippen molar-refractivity contribution in [1.29, 1.82) is 0 Å². The van der Waals surface area contributed by atoms with Crippen molar-refractivity contribution in [2.24, 2.45) is 5.92 Å². The Balaban J connectivity index is 2.40. The predicted molar refractivity (Wildman–Crippen MR) is 74.6 cm³/mol. The Morgan fingerprint density at radius 1 is 1.19 bits per heavy atom. The lowest BCUT2D eigenvalue weighted by atomic mass is 10.0. The standard InChI is InChI=1S/C14H22BrN/c1-4-5-11(2)10-16-12(3)13-6-8-14(15)9-7-13/h6-9,11-12,16H,4-5,10H2,1-3H3/t11?,12-/m1/s1. The van der Waals surface area contributed by atoms with Crippen molar-refractivity contribution in [1.82, 2.24) is 5.32 Å². The molecule has 0 saturated carbocycles. The van der Waals surface area contributed by atoms with Crippen molar-refractivity contribution >= 4 is 15.9 Å². The molecular weight excluding hydrogens is 262 g/mol. The highest BCUT2D eigenvalue weighted by Gasteiger charge is 2.06. The van der Waals surface area contributed by atoms with Crippen molar-refractivity contribution < 1.29 is 0 Å². The van der Waals surface area contributed by atoms with Gasteiger partial charge in [0.2, 0.25) is 0 Å². The van der Waals surface area contributed by atoms with Gasteiger partial charge in [0.15, 0.2) is 0 Å². The molecular formula is C14H22BrN. The summed E-state index contributed by atoms with van der Waals surface area (Å²) in [6.45, 7) is 7.88. The van der Waals surface area contributed by atoms with Gasteiger partial charge in [0.05, 0.1) is 0 Å². The largest absolute Gasteiger partial charge is 0.310 e. The van der Waals surface area contributed by atoms with Crippen LogP contribution in [0.3, 0.4) is 0 Å². The molecule has 0 aliphatic heterocycles. The third kappa shape index (κ3) is 4.67. The van der Waals surface area contributed by atoms with E-state index in [1.54, 1.807) is 0 Å². The van der Waals surface area contributed by atoms with Crippen molar-refractivity contribution in [3.8, 4) is 0 Å². The van der Waals surface area contributed by atoms with Gasteiger partial charge in [-0.25, -0.2) is 0 Å². The van der Waals surface area contributed by atoms with Crippen LogP contribution in [0.2, 0.25) is 0 Å². The Morgan fingerprint density at radius 2 is 1.81 bits per heavy atom. The lowest BCUT2D eigenvalue weighted by Crippen LogP contribution is -2.24. The predicted octanol–water partition coefficient (Wildman–Crippen LogP) is 4.54. The molecule has 0 amide bonds. The van der Waals surface area contributed by atoms with Gasteiger partial charge in [-0.2, -0.15) is 0 Å². The fraction of sp³-hybridized carbons (Fsp3) is 0.571. The van der Waals surface area contributed by atoms with Crippen LogP contribution < -0.4 is 5.32 Å². The molecule has 1 nitrogen and oxygen atoms in total. The van der Waals surface area contributed by atoms with E-state index < -0.39 is 0 Å². The van der Waals surface area contributed by atoms with Gasteiger partial charge in [-0.15, -0.1) is 0 Å². The summed E-state index contributed by atoms with van der Waals surface area (Å²) in [5.74, 6) is 0.767. The molecule has 16 heavy (non-hydrogen) atoms. The van der Waals surface area contributed by atoms with Crippen LogP contribution in [0, 0.1) is 5.92 Å². The Kier molecular flexibility index (Phi) is 6.07. The van der Waals surface area contributed by atoms with Crippen molar-refractivity contribution in [2.45, 2.75) is 39.7 Å². The van der Waals surface area contributed by atoms with Crippen LogP contribution >= 0.6 is 15.9 Å². The molecule has 90 valence electrons. The van der Waals surface area contributed by atoms with Crippen molar-refractivity contribution in [2.75, 3.05) is 6.54 Å². The minimum absolute atomic E-state index is 0.437. The molecule has 1 aromatic carbocycles. The molecule has 0 radical (unpaired) electrons. The summed E-state index contributed by atoms with van der Waals surface area (Å²) < 4.78 is 1.14. The first-order chi connectivity index (χ1) is 7.63. The monoisotopic (exact) mass is 283 g/mol. The van der Waals surface area contributed by atoms with Crippen LogP contribution in [0.4, 0.5) is 0 Å². The lowest BCUT2D eigenvalue weighted by molar-refractivity contribution is 0.444. The molecule has 1 N–H and O–H groups in total. The molecule has 1 aromatic rings. The van der Waals surface area contributed by atoms with E-state index in [0.717, 1.165) is 16.9 Å². The highest BCUT2D eigenvalue weighted by Crippen LogP contribution is 2.17. The molecule has 0 heterocycles. The SMILES string of the molecule is CCCC(C)CN[C@H](C)c1ccc(Br)cc1. The Hall–Kier alpha value is -0.340. The van der Waals surface area contributed by atoms with Crippen molar-refractivity contribution in [3.05, 3.63) is 34.3 Å². The molecule has 0 spiro atoms. The molecule has 0 fully saturated rings. The highest BCUT2D eigenvalue weighted by molar-refractivity contribution is 9.10. The quantitative estimate of drug-likeness (QED) is 0.809. The van der Waals surface area contributed by atoms with E-state index in [1.807, 2.05) is 0 Å². The Morgan fingerprint density at radius 3 is 2.38 bits per heavy atom. The molecule has 2 atom stereocenters. The fourth-order valence-electron chi connectivity index (χ4n) is 1.84. The second-order valence-electron chi connectivity index (χ2n) is 4.58. The van der Waals surface area contributed by atoms with Crippen LogP contribution in [0.15, 0.2) is 28.7 Å². The van der Waals surface area contributed by atoms with E-state index in [4.69, 9.17) is 0 Å². The van der Waals surface area contributed by atoms with Gasteiger partial charge in [-0.05, 0) is 43.5 Å². The molecule has 2 heteroatoms. The number of benzene rings is 1. The minimum Gasteiger partial charge on any atom is -0.310 e. The lowest BCUT2D eigenvalue weighted by Gasteiger charge is -2.17. The average molecular weight is 284 g/mol. The maximum Gasteiger partial charge on any atom is 0.0291 e. The van der Waals surface area contributed by atoms with E-state index in [9.17, 15) is 0 Å². The van der Waals surface area contributed by atoms with E-state index in [0.29, 0.717) is 6.04 Å². The van der Waals surface area contributed by atoms with E-state index in [2.05, 4.69) is 66.3 Å². The summed E-state index contributed by atoms with van der Waals surface area (Å²) in [5.41, 5.74) is 1.35. The first-order valence-corrected chi connectivity index (χ1v) is 6.91. The number of rotatable bonds is 6. The van der Waals surface area contributed by atoms with E-state index >= 15 is 0 Å². The summed E-state index contributed by atoms with van der Waals surface area (Å²) in [6.07, 6.45) is 2.58. The molecule has 0 aromatic heterocycles.